The molecule has 3 aliphatic heterocycles. The van der Waals surface area contributed by atoms with Crippen LogP contribution in [0.3, 0.4) is 0 Å². The smallest absolute Gasteiger partial charge is 0.289 e. The number of amidine groups is 1. The summed E-state index contributed by atoms with van der Waals surface area (Å²) in [6, 6.07) is 7.44. The Bertz CT molecular complexity index is 1340. The molecule has 3 aliphatic rings. The third-order valence-electron chi connectivity index (χ3n) is 5.40. The number of amides is 1. The number of aromatic nitrogens is 2. The van der Waals surface area contributed by atoms with Crippen molar-refractivity contribution < 1.29 is 18.0 Å². The molecular formula is C28H28ClF3N6OS. The lowest BCUT2D eigenvalue weighted by Gasteiger charge is -2.30. The topological polar surface area (TPSA) is 82.8 Å². The summed E-state index contributed by atoms with van der Waals surface area (Å²) in [6.07, 6.45) is 7.43. The number of allylic oxidation sites excluding steroid dienone is 2. The minimum atomic E-state index is -2.17. The van der Waals surface area contributed by atoms with Gasteiger partial charge in [0.15, 0.2) is 0 Å². The summed E-state index contributed by atoms with van der Waals surface area (Å²) in [6.45, 7) is 8.18. The normalized spacial score (nSPS) is 17.2. The number of halogens is 4. The zero-order valence-corrected chi connectivity index (χ0v) is 23.5. The molecule has 2 aromatic rings. The quantitative estimate of drug-likeness (QED) is 0.419. The molecule has 1 unspecified atom stereocenters. The predicted molar refractivity (Wildman–Crippen MR) is 155 cm³/mol. The van der Waals surface area contributed by atoms with Crippen LogP contribution < -0.4 is 5.32 Å². The molecule has 0 bridgehead atoms. The molecule has 210 valence electrons. The van der Waals surface area contributed by atoms with Crippen LogP contribution in [-0.2, 0) is 0 Å². The predicted octanol–water partition coefficient (Wildman–Crippen LogP) is 6.45. The van der Waals surface area contributed by atoms with E-state index in [4.69, 9.17) is 16.6 Å². The Kier molecular flexibility index (Phi) is 11.7. The average Bonchev–Trinajstić information content (AvgIpc) is 3.30. The van der Waals surface area contributed by atoms with E-state index in [9.17, 15) is 18.0 Å². The van der Waals surface area contributed by atoms with E-state index in [0.717, 1.165) is 34.6 Å². The first-order valence-electron chi connectivity index (χ1n) is 12.2. The van der Waals surface area contributed by atoms with Crippen molar-refractivity contribution in [2.45, 2.75) is 32.7 Å². The van der Waals surface area contributed by atoms with Gasteiger partial charge >= 0.3 is 0 Å². The van der Waals surface area contributed by atoms with Crippen molar-refractivity contribution in [1.82, 2.24) is 20.2 Å². The number of rotatable bonds is 6. The van der Waals surface area contributed by atoms with Gasteiger partial charge in [-0.05, 0) is 49.6 Å². The highest BCUT2D eigenvalue weighted by atomic mass is 35.5. The van der Waals surface area contributed by atoms with Crippen molar-refractivity contribution in [1.29, 1.82) is 0 Å². The van der Waals surface area contributed by atoms with Crippen molar-refractivity contribution in [2.75, 3.05) is 13.1 Å². The molecule has 0 aliphatic carbocycles. The molecule has 0 spiro atoms. The molecule has 0 saturated carbocycles. The Morgan fingerprint density at radius 3 is 2.52 bits per heavy atom. The number of hydrogen-bond acceptors (Lipinski definition) is 7. The van der Waals surface area contributed by atoms with E-state index in [-0.39, 0.29) is 23.6 Å². The van der Waals surface area contributed by atoms with Crippen molar-refractivity contribution >= 4 is 41.3 Å². The van der Waals surface area contributed by atoms with Crippen molar-refractivity contribution in [3.63, 3.8) is 0 Å². The van der Waals surface area contributed by atoms with Gasteiger partial charge in [-0.3, -0.25) is 14.8 Å². The van der Waals surface area contributed by atoms with Crippen LogP contribution in [-0.4, -0.2) is 58.4 Å². The first-order chi connectivity index (χ1) is 19.2. The molecule has 1 saturated heterocycles. The summed E-state index contributed by atoms with van der Waals surface area (Å²) in [5.74, 6) is 0.472. The van der Waals surface area contributed by atoms with E-state index in [0.29, 0.717) is 24.5 Å². The maximum atomic E-state index is 12.5. The Balaban J connectivity index is 0.000000306. The minimum Gasteiger partial charge on any atom is -0.344 e. The van der Waals surface area contributed by atoms with Crippen LogP contribution in [0.1, 0.15) is 30.9 Å². The molecular weight excluding hydrogens is 561 g/mol. The molecule has 0 radical (unpaired) electrons. The standard InChI is InChI=1S/C20H20N6OS.C6H4ClF.C2H4F2/c1-3-9-28-13(2)19-24-11-15(16-5-8-21-16)17-10-14(12-26(17)19)25-20(27)18-22-6-4-7-23-18;7-5-2-1-3-6(8)4-5;1-2(3)4/h3-9,14H,2,10-12H2,1H3,(H,25,27);1-4H;2H,1H3/b9-3-;;. The number of benzene rings is 1. The maximum Gasteiger partial charge on any atom is 0.289 e. The molecule has 1 aromatic carbocycles. The van der Waals surface area contributed by atoms with Crippen LogP contribution in [0, 0.1) is 5.82 Å². The Labute approximate surface area is 240 Å². The van der Waals surface area contributed by atoms with E-state index in [1.165, 1.54) is 12.1 Å². The molecule has 40 heavy (non-hydrogen) atoms. The molecule has 1 N–H and O–H groups in total. The minimum absolute atomic E-state index is 0.0613. The number of carbonyl (C=O) groups excluding carboxylic acids is 1. The lowest BCUT2D eigenvalue weighted by Crippen LogP contribution is -2.39. The Hall–Kier alpha value is -3.70. The van der Waals surface area contributed by atoms with E-state index in [1.54, 1.807) is 48.6 Å². The highest BCUT2D eigenvalue weighted by Crippen LogP contribution is 2.36. The van der Waals surface area contributed by atoms with Crippen LogP contribution >= 0.6 is 23.4 Å². The van der Waals surface area contributed by atoms with Crippen LogP contribution in [0.15, 0.2) is 98.7 Å². The summed E-state index contributed by atoms with van der Waals surface area (Å²) in [7, 11) is 0. The van der Waals surface area contributed by atoms with Gasteiger partial charge in [0.1, 0.15) is 11.7 Å². The Morgan fingerprint density at radius 2 is 1.98 bits per heavy atom. The van der Waals surface area contributed by atoms with Crippen LogP contribution in [0.2, 0.25) is 5.02 Å². The van der Waals surface area contributed by atoms with E-state index >= 15 is 0 Å². The van der Waals surface area contributed by atoms with Crippen LogP contribution in [0.25, 0.3) is 0 Å². The van der Waals surface area contributed by atoms with E-state index in [1.807, 2.05) is 24.5 Å². The van der Waals surface area contributed by atoms with Gasteiger partial charge in [-0.15, -0.1) is 0 Å². The molecule has 1 fully saturated rings. The molecule has 1 amide bonds. The summed E-state index contributed by atoms with van der Waals surface area (Å²) >= 11 is 6.96. The molecule has 1 atom stereocenters. The van der Waals surface area contributed by atoms with Crippen molar-refractivity contribution in [2.24, 2.45) is 9.98 Å². The van der Waals surface area contributed by atoms with Gasteiger partial charge in [-0.2, -0.15) is 0 Å². The maximum absolute atomic E-state index is 12.5. The molecule has 5 rings (SSSR count). The number of thioether (sulfide) groups is 1. The number of alkyl halides is 2. The number of fused-ring (bicyclic) bond motifs is 1. The summed E-state index contributed by atoms with van der Waals surface area (Å²) in [5.41, 5.74) is 3.23. The fourth-order valence-electron chi connectivity index (χ4n) is 3.79. The number of carbonyl (C=O) groups is 1. The summed E-state index contributed by atoms with van der Waals surface area (Å²) in [4.78, 5) is 32.7. The lowest BCUT2D eigenvalue weighted by atomic mass is 10.0. The summed E-state index contributed by atoms with van der Waals surface area (Å²) < 4.78 is 32.7. The fraction of sp³-hybridized carbons (Fsp3) is 0.250. The first kappa shape index (κ1) is 30.8. The number of nitrogens with one attached hydrogen (secondary N) is 1. The van der Waals surface area contributed by atoms with Gasteiger partial charge in [-0.25, -0.2) is 23.1 Å². The summed E-state index contributed by atoms with van der Waals surface area (Å²) in [5, 5.41) is 5.47. The highest BCUT2D eigenvalue weighted by Gasteiger charge is 2.37. The number of hydrogen-bond donors (Lipinski definition) is 1. The zero-order valence-electron chi connectivity index (χ0n) is 21.9. The highest BCUT2D eigenvalue weighted by molar-refractivity contribution is 8.06. The van der Waals surface area contributed by atoms with Gasteiger partial charge < -0.3 is 10.2 Å². The Morgan fingerprint density at radius 1 is 1.27 bits per heavy atom. The fourth-order valence-corrected chi connectivity index (χ4v) is 4.55. The van der Waals surface area contributed by atoms with Crippen molar-refractivity contribution in [3.8, 4) is 0 Å². The lowest BCUT2D eigenvalue weighted by molar-refractivity contribution is 0.0928. The SMILES string of the molecule is C=C(S/C=C\C)C1=NCC(C2=CC=N2)=C2CC(NC(=O)c3ncccn3)CN12.CC(F)F.Fc1cccc(Cl)c1. The van der Waals surface area contributed by atoms with Crippen LogP contribution in [0.4, 0.5) is 13.2 Å². The van der Waals surface area contributed by atoms with Gasteiger partial charge in [0.05, 0.1) is 18.3 Å². The first-order valence-corrected chi connectivity index (χ1v) is 13.5. The van der Waals surface area contributed by atoms with Gasteiger partial charge in [0, 0.05) is 52.8 Å². The molecule has 4 heterocycles. The average molecular weight is 589 g/mol. The van der Waals surface area contributed by atoms with Gasteiger partial charge in [0.2, 0.25) is 12.2 Å². The second-order valence-corrected chi connectivity index (χ2v) is 9.86. The molecule has 12 heteroatoms. The number of nitrogens with zero attached hydrogens (tertiary/aromatic N) is 5. The largest absolute Gasteiger partial charge is 0.344 e. The zero-order chi connectivity index (χ0) is 29.1. The van der Waals surface area contributed by atoms with Crippen LogP contribution in [0.5, 0.6) is 0 Å². The second-order valence-electron chi connectivity index (χ2n) is 8.42. The molecule has 1 aromatic heterocycles. The van der Waals surface area contributed by atoms with E-state index in [2.05, 4.69) is 31.8 Å². The third-order valence-corrected chi connectivity index (χ3v) is 6.51. The van der Waals surface area contributed by atoms with E-state index < -0.39 is 6.43 Å². The third kappa shape index (κ3) is 8.92. The van der Waals surface area contributed by atoms with Gasteiger partial charge in [-0.1, -0.05) is 42.1 Å². The monoisotopic (exact) mass is 588 g/mol. The second kappa shape index (κ2) is 15.2. The van der Waals surface area contributed by atoms with Crippen molar-refractivity contribution in [3.05, 3.63) is 105 Å². The van der Waals surface area contributed by atoms with Gasteiger partial charge in [0.25, 0.3) is 5.91 Å². The number of aliphatic imine (C=N–C) groups is 2. The molecule has 7 nitrogen and oxygen atoms in total.